The molecular formula is C20H34IN3O2S. The second-order valence-corrected chi connectivity index (χ2v) is 8.95. The Balaban J connectivity index is 0.00000364. The Bertz CT molecular complexity index is 610. The van der Waals surface area contributed by atoms with Gasteiger partial charge in [0.2, 0.25) is 0 Å². The summed E-state index contributed by atoms with van der Waals surface area (Å²) in [4.78, 5) is 4.56. The van der Waals surface area contributed by atoms with Crippen molar-refractivity contribution in [3.8, 4) is 0 Å². The molecule has 0 radical (unpaired) electrons. The lowest BCUT2D eigenvalue weighted by Gasteiger charge is -2.30. The van der Waals surface area contributed by atoms with Crippen molar-refractivity contribution in [1.82, 2.24) is 10.6 Å². The Hall–Kier alpha value is -0.670. The molecule has 7 heteroatoms. The van der Waals surface area contributed by atoms with Crippen LogP contribution in [-0.2, 0) is 10.8 Å². The van der Waals surface area contributed by atoms with Gasteiger partial charge in [0.05, 0.1) is 12.6 Å². The summed E-state index contributed by atoms with van der Waals surface area (Å²) >= 11 is 0. The van der Waals surface area contributed by atoms with Crippen molar-refractivity contribution in [2.75, 3.05) is 18.8 Å². The summed E-state index contributed by atoms with van der Waals surface area (Å²) in [5.41, 5.74) is 2.06. The Morgan fingerprint density at radius 2 is 2.00 bits per heavy atom. The van der Waals surface area contributed by atoms with Crippen molar-refractivity contribution >= 4 is 40.7 Å². The Kier molecular flexibility index (Phi) is 11.5. The van der Waals surface area contributed by atoms with Crippen LogP contribution in [0, 0.1) is 6.92 Å². The van der Waals surface area contributed by atoms with Crippen LogP contribution < -0.4 is 10.6 Å². The minimum absolute atomic E-state index is 0. The zero-order valence-corrected chi connectivity index (χ0v) is 19.8. The van der Waals surface area contributed by atoms with E-state index in [2.05, 4.69) is 15.6 Å². The summed E-state index contributed by atoms with van der Waals surface area (Å²) in [7, 11) is -0.731. The summed E-state index contributed by atoms with van der Waals surface area (Å²) in [5.74, 6) is 1.46. The number of halogens is 1. The molecule has 2 rings (SSSR count). The van der Waals surface area contributed by atoms with E-state index in [-0.39, 0.29) is 29.2 Å². The van der Waals surface area contributed by atoms with Crippen molar-refractivity contribution in [1.29, 1.82) is 0 Å². The van der Waals surface area contributed by atoms with E-state index in [0.717, 1.165) is 49.5 Å². The molecule has 1 fully saturated rings. The smallest absolute Gasteiger partial charge is 0.191 e. The summed E-state index contributed by atoms with van der Waals surface area (Å²) in [6.07, 6.45) is 3.53. The first-order valence-electron chi connectivity index (χ1n) is 9.70. The predicted molar refractivity (Wildman–Crippen MR) is 125 cm³/mol. The number of hydrogen-bond acceptors (Lipinski definition) is 3. The van der Waals surface area contributed by atoms with Gasteiger partial charge in [0.25, 0.3) is 0 Å². The van der Waals surface area contributed by atoms with Crippen LogP contribution in [0.5, 0.6) is 0 Å². The van der Waals surface area contributed by atoms with Gasteiger partial charge in [-0.1, -0.05) is 43.2 Å². The minimum atomic E-state index is -0.731. The number of aliphatic hydroxyl groups excluding tert-OH is 1. The van der Waals surface area contributed by atoms with Gasteiger partial charge in [0, 0.05) is 34.4 Å². The third-order valence-corrected chi connectivity index (χ3v) is 6.59. The number of aliphatic hydroxyl groups is 1. The van der Waals surface area contributed by atoms with Crippen molar-refractivity contribution < 1.29 is 9.32 Å². The molecule has 0 heterocycles. The number of hydrogen-bond donors (Lipinski definition) is 3. The molecule has 1 aliphatic rings. The number of nitrogens with one attached hydrogen (secondary N) is 2. The quantitative estimate of drug-likeness (QED) is 0.301. The number of benzene rings is 1. The van der Waals surface area contributed by atoms with E-state index in [9.17, 15) is 9.32 Å². The van der Waals surface area contributed by atoms with Crippen LogP contribution in [-0.4, -0.2) is 45.4 Å². The third-order valence-electron chi connectivity index (χ3n) is 4.85. The summed E-state index contributed by atoms with van der Waals surface area (Å²) in [6, 6.07) is 8.19. The molecule has 5 nitrogen and oxygen atoms in total. The maximum absolute atomic E-state index is 12.1. The largest absolute Gasteiger partial charge is 0.386 e. The van der Waals surface area contributed by atoms with Gasteiger partial charge in [0.1, 0.15) is 0 Å². The Labute approximate surface area is 183 Å². The molecule has 0 aliphatic heterocycles. The van der Waals surface area contributed by atoms with Gasteiger partial charge in [-0.25, -0.2) is 0 Å². The first-order chi connectivity index (χ1) is 12.5. The van der Waals surface area contributed by atoms with Gasteiger partial charge in [-0.15, -0.1) is 24.0 Å². The maximum Gasteiger partial charge on any atom is 0.191 e. The highest BCUT2D eigenvalue weighted by Crippen LogP contribution is 2.23. The fourth-order valence-electron chi connectivity index (χ4n) is 3.34. The van der Waals surface area contributed by atoms with E-state index in [0.29, 0.717) is 12.6 Å². The van der Waals surface area contributed by atoms with Gasteiger partial charge in [-0.2, -0.15) is 0 Å². The first kappa shape index (κ1) is 24.4. The molecule has 0 aromatic heterocycles. The van der Waals surface area contributed by atoms with Gasteiger partial charge in [-0.3, -0.25) is 9.20 Å². The molecule has 27 heavy (non-hydrogen) atoms. The molecule has 4 unspecified atom stereocenters. The number of nitrogens with zero attached hydrogens (tertiary/aromatic N) is 1. The molecule has 4 atom stereocenters. The molecule has 1 saturated carbocycles. The van der Waals surface area contributed by atoms with Crippen molar-refractivity contribution in [2.45, 2.75) is 63.9 Å². The highest BCUT2D eigenvalue weighted by molar-refractivity contribution is 14.0. The van der Waals surface area contributed by atoms with Crippen LogP contribution in [0.25, 0.3) is 0 Å². The van der Waals surface area contributed by atoms with Crippen LogP contribution in [0.3, 0.4) is 0 Å². The number of rotatable bonds is 7. The van der Waals surface area contributed by atoms with Crippen LogP contribution >= 0.6 is 24.0 Å². The predicted octanol–water partition coefficient (Wildman–Crippen LogP) is 3.28. The SMILES string of the molecule is CCNC(=NCC(O)c1ccc(C)cc1)NC1CCCC(S(=O)CC)C1.I. The van der Waals surface area contributed by atoms with E-state index in [1.807, 2.05) is 45.0 Å². The molecule has 0 spiro atoms. The van der Waals surface area contributed by atoms with Crippen LogP contribution in [0.2, 0.25) is 0 Å². The van der Waals surface area contributed by atoms with E-state index < -0.39 is 16.9 Å². The molecule has 1 aromatic rings. The average Bonchev–Trinajstić information content (AvgIpc) is 2.66. The Morgan fingerprint density at radius 1 is 1.30 bits per heavy atom. The van der Waals surface area contributed by atoms with Gasteiger partial charge in [0.15, 0.2) is 5.96 Å². The molecule has 0 bridgehead atoms. The monoisotopic (exact) mass is 507 g/mol. The molecular weight excluding hydrogens is 473 g/mol. The lowest BCUT2D eigenvalue weighted by Crippen LogP contribution is -2.46. The van der Waals surface area contributed by atoms with Crippen molar-refractivity contribution in [3.63, 3.8) is 0 Å². The van der Waals surface area contributed by atoms with Gasteiger partial charge in [-0.05, 0) is 38.7 Å². The lowest BCUT2D eigenvalue weighted by atomic mass is 9.95. The highest BCUT2D eigenvalue weighted by atomic mass is 127. The van der Waals surface area contributed by atoms with Crippen LogP contribution in [0.4, 0.5) is 0 Å². The fraction of sp³-hybridized carbons (Fsp3) is 0.650. The number of aliphatic imine (C=N–C) groups is 1. The van der Waals surface area contributed by atoms with Crippen molar-refractivity contribution in [3.05, 3.63) is 35.4 Å². The number of guanidine groups is 1. The van der Waals surface area contributed by atoms with Gasteiger partial charge < -0.3 is 15.7 Å². The van der Waals surface area contributed by atoms with Crippen LogP contribution in [0.15, 0.2) is 29.3 Å². The lowest BCUT2D eigenvalue weighted by molar-refractivity contribution is 0.187. The fourth-order valence-corrected chi connectivity index (χ4v) is 4.68. The van der Waals surface area contributed by atoms with E-state index in [4.69, 9.17) is 0 Å². The molecule has 3 N–H and O–H groups in total. The van der Waals surface area contributed by atoms with E-state index in [1.165, 1.54) is 5.56 Å². The van der Waals surface area contributed by atoms with E-state index >= 15 is 0 Å². The van der Waals surface area contributed by atoms with Gasteiger partial charge >= 0.3 is 0 Å². The van der Waals surface area contributed by atoms with Crippen LogP contribution in [0.1, 0.15) is 56.8 Å². The molecule has 1 aliphatic carbocycles. The first-order valence-corrected chi connectivity index (χ1v) is 11.1. The topological polar surface area (TPSA) is 73.7 Å². The molecule has 1 aromatic carbocycles. The Morgan fingerprint density at radius 3 is 2.63 bits per heavy atom. The van der Waals surface area contributed by atoms with Crippen molar-refractivity contribution in [2.24, 2.45) is 4.99 Å². The molecule has 0 saturated heterocycles. The maximum atomic E-state index is 12.1. The number of aryl methyl sites for hydroxylation is 1. The second-order valence-electron chi connectivity index (χ2n) is 6.95. The molecule has 154 valence electrons. The second kappa shape index (κ2) is 12.7. The zero-order valence-electron chi connectivity index (χ0n) is 16.6. The summed E-state index contributed by atoms with van der Waals surface area (Å²) in [6.45, 7) is 7.14. The standard InChI is InChI=1S/C20H33N3O2S.HI/c1-4-21-20(22-14-19(24)16-11-9-15(3)10-12-16)23-17-7-6-8-18(13-17)26(25)5-2;/h9-12,17-19,24H,4-8,13-14H2,1-3H3,(H2,21,22,23);1H. The average molecular weight is 507 g/mol. The summed E-state index contributed by atoms with van der Waals surface area (Å²) in [5, 5.41) is 17.4. The third kappa shape index (κ3) is 8.07. The normalized spacial score (nSPS) is 22.4. The zero-order chi connectivity index (χ0) is 18.9. The highest BCUT2D eigenvalue weighted by Gasteiger charge is 2.26. The summed E-state index contributed by atoms with van der Waals surface area (Å²) < 4.78 is 12.1. The molecule has 0 amide bonds. The minimum Gasteiger partial charge on any atom is -0.386 e. The van der Waals surface area contributed by atoms with E-state index in [1.54, 1.807) is 0 Å².